The van der Waals surface area contributed by atoms with Crippen molar-refractivity contribution in [3.63, 3.8) is 0 Å². The number of alkyl halides is 1. The Labute approximate surface area is 283 Å². The molecule has 3 unspecified atom stereocenters. The van der Waals surface area contributed by atoms with Gasteiger partial charge in [0.15, 0.2) is 0 Å². The molecule has 1 spiro atoms. The van der Waals surface area contributed by atoms with Gasteiger partial charge in [-0.15, -0.1) is 24.9 Å². The molecule has 4 rings (SSSR count). The summed E-state index contributed by atoms with van der Waals surface area (Å²) < 4.78 is -0.805. The van der Waals surface area contributed by atoms with Crippen molar-refractivity contribution in [1.29, 1.82) is 0 Å². The lowest BCUT2D eigenvalue weighted by Crippen LogP contribution is -2.62. The molecule has 1 aromatic rings. The first-order chi connectivity index (χ1) is 21.2. The summed E-state index contributed by atoms with van der Waals surface area (Å²) in [6.45, 7) is 21.6. The number of aliphatic hydroxyl groups excluding tert-OH is 1. The van der Waals surface area contributed by atoms with Gasteiger partial charge in [-0.3, -0.25) is 14.4 Å². The molecule has 1 aromatic carbocycles. The number of carbonyl (C=O) groups excluding carboxylic acids is 3. The van der Waals surface area contributed by atoms with Crippen LogP contribution in [-0.2, 0) is 20.8 Å². The van der Waals surface area contributed by atoms with Crippen LogP contribution < -0.4 is 0 Å². The molecule has 7 nitrogen and oxygen atoms in total. The molecule has 3 amide bonds. The number of nitrogens with zero attached hydrogens (tertiary/aromatic N) is 3. The molecule has 3 aliphatic heterocycles. The second kappa shape index (κ2) is 13.9. The standard InChI is InChI=1S/C36H52BrN3O4S/c1-9-17-38(18-10-2)31(42)27-28-32(43)40(25(22-41)20-24-15-13-12-14-16-24)30(36(28)21-26(37)29(27)45-36)33(44)39(19-11-3)35(7,8)23-34(4,5)6/h9,11-16,25-30,41H,1,3,10,17-23H2,2,4-8H3/t25-,26?,27+,28+,29+,30?,36?/m1/s1. The number of fused-ring (bicyclic) bond motifs is 1. The SMILES string of the molecule is C=CCN(CCC)C(=O)[C@H]1[C@H]2C(=O)N([C@@H](CO)Cc3ccccc3)C(C(=O)N(CC=C)C(C)(C)CC(C)(C)C)C23CC(Br)[C@@H]1S3. The van der Waals surface area contributed by atoms with E-state index in [1.54, 1.807) is 28.8 Å². The molecular formula is C36H52BrN3O4S. The normalized spacial score (nSPS) is 28.1. The Balaban J connectivity index is 1.86. The van der Waals surface area contributed by atoms with Crippen LogP contribution in [0, 0.1) is 17.3 Å². The quantitative estimate of drug-likeness (QED) is 0.199. The van der Waals surface area contributed by atoms with E-state index in [0.717, 1.165) is 18.4 Å². The number of thioether (sulfide) groups is 1. The predicted molar refractivity (Wildman–Crippen MR) is 187 cm³/mol. The van der Waals surface area contributed by atoms with Crippen molar-refractivity contribution in [2.75, 3.05) is 26.2 Å². The first kappa shape index (κ1) is 35.7. The van der Waals surface area contributed by atoms with E-state index in [-0.39, 0.29) is 39.8 Å². The highest BCUT2D eigenvalue weighted by Gasteiger charge is 2.76. The van der Waals surface area contributed by atoms with Crippen LogP contribution in [0.4, 0.5) is 0 Å². The van der Waals surface area contributed by atoms with Gasteiger partial charge >= 0.3 is 0 Å². The van der Waals surface area contributed by atoms with Gasteiger partial charge in [0, 0.05) is 35.3 Å². The third kappa shape index (κ3) is 6.82. The molecule has 3 fully saturated rings. The minimum Gasteiger partial charge on any atom is -0.394 e. The summed E-state index contributed by atoms with van der Waals surface area (Å²) in [6.07, 6.45) is 6.03. The van der Waals surface area contributed by atoms with Gasteiger partial charge in [-0.2, -0.15) is 0 Å². The third-order valence-electron chi connectivity index (χ3n) is 9.59. The third-order valence-corrected chi connectivity index (χ3v) is 12.8. The summed E-state index contributed by atoms with van der Waals surface area (Å²) >= 11 is 5.55. The number of aliphatic hydroxyl groups is 1. The number of carbonyl (C=O) groups is 3. The van der Waals surface area contributed by atoms with Crippen molar-refractivity contribution in [2.24, 2.45) is 17.3 Å². The number of amides is 3. The molecule has 7 atom stereocenters. The van der Waals surface area contributed by atoms with Crippen LogP contribution in [0.5, 0.6) is 0 Å². The van der Waals surface area contributed by atoms with E-state index in [2.05, 4.69) is 63.7 Å². The lowest BCUT2D eigenvalue weighted by molar-refractivity contribution is -0.149. The van der Waals surface area contributed by atoms with Crippen molar-refractivity contribution in [3.05, 3.63) is 61.2 Å². The molecule has 2 bridgehead atoms. The maximum absolute atomic E-state index is 15.2. The van der Waals surface area contributed by atoms with Crippen molar-refractivity contribution in [1.82, 2.24) is 14.7 Å². The molecule has 0 saturated carbocycles. The first-order valence-electron chi connectivity index (χ1n) is 16.3. The van der Waals surface area contributed by atoms with Gasteiger partial charge in [0.1, 0.15) is 6.04 Å². The van der Waals surface area contributed by atoms with Crippen LogP contribution in [0.3, 0.4) is 0 Å². The van der Waals surface area contributed by atoms with Crippen molar-refractivity contribution in [2.45, 2.75) is 99.7 Å². The van der Waals surface area contributed by atoms with Crippen molar-refractivity contribution >= 4 is 45.4 Å². The smallest absolute Gasteiger partial charge is 0.247 e. The molecule has 0 aliphatic carbocycles. The minimum atomic E-state index is -0.832. The van der Waals surface area contributed by atoms with Crippen LogP contribution in [0.15, 0.2) is 55.6 Å². The summed E-state index contributed by atoms with van der Waals surface area (Å²) in [5.74, 6) is -1.61. The van der Waals surface area contributed by atoms with Crippen LogP contribution in [0.1, 0.15) is 66.4 Å². The van der Waals surface area contributed by atoms with Gasteiger partial charge in [-0.25, -0.2) is 0 Å². The number of rotatable bonds is 14. The van der Waals surface area contributed by atoms with Gasteiger partial charge in [0.05, 0.1) is 29.2 Å². The highest BCUT2D eigenvalue weighted by Crippen LogP contribution is 2.68. The van der Waals surface area contributed by atoms with Crippen LogP contribution in [-0.4, -0.2) is 96.2 Å². The Bertz CT molecular complexity index is 1270. The number of likely N-dealkylation sites (tertiary alicyclic amines) is 1. The average molecular weight is 703 g/mol. The fourth-order valence-corrected chi connectivity index (χ4v) is 12.0. The van der Waals surface area contributed by atoms with E-state index in [9.17, 15) is 14.7 Å². The summed E-state index contributed by atoms with van der Waals surface area (Å²) in [5, 5.41) is 10.7. The van der Waals surface area contributed by atoms with Crippen molar-refractivity contribution in [3.8, 4) is 0 Å². The number of hydrogen-bond donors (Lipinski definition) is 1. The topological polar surface area (TPSA) is 81.2 Å². The van der Waals surface area contributed by atoms with E-state index in [1.165, 1.54) is 0 Å². The molecule has 45 heavy (non-hydrogen) atoms. The van der Waals surface area contributed by atoms with Gasteiger partial charge in [-0.1, -0.05) is 86.1 Å². The monoisotopic (exact) mass is 701 g/mol. The van der Waals surface area contributed by atoms with Gasteiger partial charge in [0.25, 0.3) is 0 Å². The Morgan fingerprint density at radius 3 is 2.33 bits per heavy atom. The Morgan fingerprint density at radius 1 is 1.13 bits per heavy atom. The first-order valence-corrected chi connectivity index (χ1v) is 18.1. The Kier molecular flexibility index (Phi) is 11.1. The van der Waals surface area contributed by atoms with Crippen LogP contribution in [0.2, 0.25) is 0 Å². The van der Waals surface area contributed by atoms with Gasteiger partial charge in [-0.05, 0) is 50.5 Å². The second-order valence-electron chi connectivity index (χ2n) is 14.8. The highest BCUT2D eigenvalue weighted by atomic mass is 79.9. The Hall–Kier alpha value is -2.10. The van der Waals surface area contributed by atoms with Gasteiger partial charge < -0.3 is 19.8 Å². The molecule has 3 aliphatic rings. The fraction of sp³-hybridized carbons (Fsp3) is 0.639. The largest absolute Gasteiger partial charge is 0.394 e. The maximum atomic E-state index is 15.2. The van der Waals surface area contributed by atoms with E-state index in [1.807, 2.05) is 47.1 Å². The number of hydrogen-bond acceptors (Lipinski definition) is 5. The number of benzene rings is 1. The molecule has 3 heterocycles. The summed E-state index contributed by atoms with van der Waals surface area (Å²) in [4.78, 5) is 49.8. The van der Waals surface area contributed by atoms with Crippen LogP contribution >= 0.6 is 27.7 Å². The zero-order valence-corrected chi connectivity index (χ0v) is 30.3. The fourth-order valence-electron chi connectivity index (χ4n) is 8.39. The van der Waals surface area contributed by atoms with E-state index >= 15 is 4.79 Å². The number of halogens is 1. The molecule has 0 aromatic heterocycles. The molecule has 9 heteroatoms. The van der Waals surface area contributed by atoms with E-state index in [4.69, 9.17) is 0 Å². The maximum Gasteiger partial charge on any atom is 0.247 e. The summed E-state index contributed by atoms with van der Waals surface area (Å²) in [7, 11) is 0. The van der Waals surface area contributed by atoms with Gasteiger partial charge in [0.2, 0.25) is 17.7 Å². The van der Waals surface area contributed by atoms with E-state index < -0.39 is 34.2 Å². The van der Waals surface area contributed by atoms with E-state index in [0.29, 0.717) is 32.5 Å². The molecule has 248 valence electrons. The molecule has 1 N–H and O–H groups in total. The zero-order chi connectivity index (χ0) is 33.3. The minimum absolute atomic E-state index is 0.0277. The second-order valence-corrected chi connectivity index (χ2v) is 17.5. The molecule has 3 saturated heterocycles. The highest BCUT2D eigenvalue weighted by molar-refractivity contribution is 9.09. The predicted octanol–water partition coefficient (Wildman–Crippen LogP) is 5.71. The van der Waals surface area contributed by atoms with Crippen LogP contribution in [0.25, 0.3) is 0 Å². The summed E-state index contributed by atoms with van der Waals surface area (Å²) in [6, 6.07) is 8.33. The lowest BCUT2D eigenvalue weighted by Gasteiger charge is -2.46. The average Bonchev–Trinajstić information content (AvgIpc) is 3.56. The zero-order valence-electron chi connectivity index (χ0n) is 27.9. The molecule has 0 radical (unpaired) electrons. The van der Waals surface area contributed by atoms with Crippen molar-refractivity contribution < 1.29 is 19.5 Å². The Morgan fingerprint density at radius 2 is 1.78 bits per heavy atom. The lowest BCUT2D eigenvalue weighted by atomic mass is 9.70. The molecular weight excluding hydrogens is 650 g/mol. The summed E-state index contributed by atoms with van der Waals surface area (Å²) in [5.41, 5.74) is 0.389.